The minimum atomic E-state index is -0.748. The van der Waals surface area contributed by atoms with Gasteiger partial charge in [-0.3, -0.25) is 4.79 Å². The summed E-state index contributed by atoms with van der Waals surface area (Å²) in [6.45, 7) is 2.24. The highest BCUT2D eigenvalue weighted by Crippen LogP contribution is 2.10. The summed E-state index contributed by atoms with van der Waals surface area (Å²) in [5, 5.41) is 18.3. The molecule has 3 heteroatoms. The first kappa shape index (κ1) is 20.2. The molecule has 0 radical (unpaired) electrons. The fraction of sp³-hybridized carbons (Fsp3) is 0.833. The predicted octanol–water partition coefficient (Wildman–Crippen LogP) is 5.08. The molecule has 1 atom stereocenters. The van der Waals surface area contributed by atoms with Gasteiger partial charge in [-0.25, -0.2) is 0 Å². The summed E-state index contributed by atoms with van der Waals surface area (Å²) in [6.07, 6.45) is 17.4. The van der Waals surface area contributed by atoms with Crippen LogP contribution in [0.3, 0.4) is 0 Å². The van der Waals surface area contributed by atoms with Gasteiger partial charge in [-0.05, 0) is 38.5 Å². The van der Waals surface area contributed by atoms with Crippen molar-refractivity contribution in [2.24, 2.45) is 0 Å². The smallest absolute Gasteiger partial charge is 0.303 e. The first-order chi connectivity index (χ1) is 10.2. The summed E-state index contributed by atoms with van der Waals surface area (Å²) in [4.78, 5) is 10.3. The minimum Gasteiger partial charge on any atom is -0.481 e. The second-order valence-corrected chi connectivity index (χ2v) is 5.90. The Kier molecular flexibility index (Phi) is 14.9. The van der Waals surface area contributed by atoms with Gasteiger partial charge in [-0.15, -0.1) is 0 Å². The van der Waals surface area contributed by atoms with Crippen molar-refractivity contribution in [3.8, 4) is 0 Å². The van der Waals surface area contributed by atoms with Crippen molar-refractivity contribution in [1.29, 1.82) is 0 Å². The number of allylic oxidation sites excluding steroid dienone is 2. The van der Waals surface area contributed by atoms with Crippen LogP contribution in [0.2, 0.25) is 0 Å². The number of carboxylic acid groups (broad SMARTS) is 1. The van der Waals surface area contributed by atoms with E-state index in [9.17, 15) is 9.90 Å². The van der Waals surface area contributed by atoms with Crippen LogP contribution in [0.15, 0.2) is 12.2 Å². The van der Waals surface area contributed by atoms with E-state index in [-0.39, 0.29) is 12.5 Å². The van der Waals surface area contributed by atoms with Crippen molar-refractivity contribution in [3.05, 3.63) is 12.2 Å². The van der Waals surface area contributed by atoms with E-state index in [0.717, 1.165) is 32.1 Å². The molecule has 0 aromatic carbocycles. The molecule has 0 heterocycles. The van der Waals surface area contributed by atoms with Gasteiger partial charge < -0.3 is 10.2 Å². The van der Waals surface area contributed by atoms with E-state index in [1.54, 1.807) is 0 Å². The molecular weight excluding hydrogens is 264 g/mol. The molecule has 0 aliphatic heterocycles. The summed E-state index contributed by atoms with van der Waals surface area (Å²) in [6, 6.07) is 0. The lowest BCUT2D eigenvalue weighted by Crippen LogP contribution is -2.06. The minimum absolute atomic E-state index is 0.213. The molecule has 0 rings (SSSR count). The van der Waals surface area contributed by atoms with Gasteiger partial charge in [-0.2, -0.15) is 0 Å². The lowest BCUT2D eigenvalue weighted by molar-refractivity contribution is -0.137. The van der Waals surface area contributed by atoms with Gasteiger partial charge in [0.1, 0.15) is 0 Å². The first-order valence-electron chi connectivity index (χ1n) is 8.71. The maximum absolute atomic E-state index is 10.3. The van der Waals surface area contributed by atoms with Gasteiger partial charge in [-0.1, -0.05) is 57.6 Å². The van der Waals surface area contributed by atoms with Gasteiger partial charge in [0, 0.05) is 6.42 Å². The summed E-state index contributed by atoms with van der Waals surface area (Å²) in [7, 11) is 0. The quantitative estimate of drug-likeness (QED) is 0.327. The number of aliphatic carboxylic acids is 1. The molecule has 0 aromatic heterocycles. The molecule has 0 spiro atoms. The molecule has 0 aliphatic rings. The van der Waals surface area contributed by atoms with E-state index in [1.807, 2.05) is 0 Å². The van der Waals surface area contributed by atoms with Crippen LogP contribution in [0.25, 0.3) is 0 Å². The number of carbonyl (C=O) groups is 1. The largest absolute Gasteiger partial charge is 0.481 e. The van der Waals surface area contributed by atoms with Crippen LogP contribution >= 0.6 is 0 Å². The maximum atomic E-state index is 10.3. The van der Waals surface area contributed by atoms with Crippen LogP contribution in [0.4, 0.5) is 0 Å². The van der Waals surface area contributed by atoms with Crippen molar-refractivity contribution >= 4 is 5.97 Å². The number of hydrogen-bond donors (Lipinski definition) is 2. The fourth-order valence-electron chi connectivity index (χ4n) is 2.37. The molecule has 124 valence electrons. The van der Waals surface area contributed by atoms with E-state index in [0.29, 0.717) is 6.42 Å². The Labute approximate surface area is 130 Å². The Balaban J connectivity index is 3.27. The normalized spacial score (nSPS) is 12.9. The number of hydrogen-bond acceptors (Lipinski definition) is 2. The Morgan fingerprint density at radius 2 is 1.57 bits per heavy atom. The van der Waals surface area contributed by atoms with Gasteiger partial charge in [0.05, 0.1) is 6.10 Å². The molecule has 3 nitrogen and oxygen atoms in total. The molecule has 2 N–H and O–H groups in total. The van der Waals surface area contributed by atoms with Gasteiger partial charge >= 0.3 is 5.97 Å². The Bertz CT molecular complexity index is 261. The van der Waals surface area contributed by atoms with Crippen LogP contribution in [0.5, 0.6) is 0 Å². The zero-order chi connectivity index (χ0) is 15.8. The summed E-state index contributed by atoms with van der Waals surface area (Å²) in [5.41, 5.74) is 0. The number of aliphatic hydroxyl groups excluding tert-OH is 1. The maximum Gasteiger partial charge on any atom is 0.303 e. The average Bonchev–Trinajstić information content (AvgIpc) is 2.45. The van der Waals surface area contributed by atoms with Crippen molar-refractivity contribution < 1.29 is 15.0 Å². The molecule has 21 heavy (non-hydrogen) atoms. The summed E-state index contributed by atoms with van der Waals surface area (Å²) >= 11 is 0. The topological polar surface area (TPSA) is 57.5 Å². The molecule has 0 saturated carbocycles. The number of carboxylic acids is 1. The van der Waals surface area contributed by atoms with Crippen molar-refractivity contribution in [3.63, 3.8) is 0 Å². The standard InChI is InChI=1S/C18H34O3/c1-2-3-4-5-6-7-8-9-10-11-14-17(19)15-12-13-16-18(20)21/h9-10,17,19H,2-8,11-16H2,1H3,(H,20,21)/b10-9+. The van der Waals surface area contributed by atoms with Crippen LogP contribution < -0.4 is 0 Å². The summed E-state index contributed by atoms with van der Waals surface area (Å²) < 4.78 is 0. The van der Waals surface area contributed by atoms with E-state index >= 15 is 0 Å². The van der Waals surface area contributed by atoms with Gasteiger partial charge in [0.25, 0.3) is 0 Å². The SMILES string of the molecule is CCCCCCCC/C=C/CCC(O)CCCCC(=O)O. The van der Waals surface area contributed by atoms with E-state index < -0.39 is 5.97 Å². The molecule has 1 unspecified atom stereocenters. The zero-order valence-electron chi connectivity index (χ0n) is 13.7. The highest BCUT2D eigenvalue weighted by molar-refractivity contribution is 5.66. The third-order valence-corrected chi connectivity index (χ3v) is 3.74. The highest BCUT2D eigenvalue weighted by atomic mass is 16.4. The second kappa shape index (κ2) is 15.6. The molecule has 0 aromatic rings. The molecule has 0 saturated heterocycles. The predicted molar refractivity (Wildman–Crippen MR) is 88.5 cm³/mol. The first-order valence-corrected chi connectivity index (χ1v) is 8.71. The van der Waals surface area contributed by atoms with Gasteiger partial charge in [0.15, 0.2) is 0 Å². The van der Waals surface area contributed by atoms with Crippen LogP contribution in [0, 0.1) is 0 Å². The second-order valence-electron chi connectivity index (χ2n) is 5.90. The fourth-order valence-corrected chi connectivity index (χ4v) is 2.37. The van der Waals surface area contributed by atoms with Crippen molar-refractivity contribution in [2.75, 3.05) is 0 Å². The third kappa shape index (κ3) is 17.1. The van der Waals surface area contributed by atoms with E-state index in [4.69, 9.17) is 5.11 Å². The average molecular weight is 298 g/mol. The molecule has 0 bridgehead atoms. The monoisotopic (exact) mass is 298 g/mol. The van der Waals surface area contributed by atoms with Crippen molar-refractivity contribution in [1.82, 2.24) is 0 Å². The van der Waals surface area contributed by atoms with E-state index in [2.05, 4.69) is 19.1 Å². The molecule has 0 aliphatic carbocycles. The molecule has 0 amide bonds. The van der Waals surface area contributed by atoms with Crippen LogP contribution in [-0.4, -0.2) is 22.3 Å². The Morgan fingerprint density at radius 3 is 2.29 bits per heavy atom. The third-order valence-electron chi connectivity index (χ3n) is 3.74. The molecule has 0 fully saturated rings. The Hall–Kier alpha value is -0.830. The Morgan fingerprint density at radius 1 is 0.905 bits per heavy atom. The number of unbranched alkanes of at least 4 members (excludes halogenated alkanes) is 7. The lowest BCUT2D eigenvalue weighted by Gasteiger charge is -2.07. The lowest BCUT2D eigenvalue weighted by atomic mass is 10.1. The van der Waals surface area contributed by atoms with Crippen molar-refractivity contribution in [2.45, 2.75) is 96.5 Å². The summed E-state index contributed by atoms with van der Waals surface area (Å²) in [5.74, 6) is -0.748. The van der Waals surface area contributed by atoms with E-state index in [1.165, 1.54) is 38.5 Å². The van der Waals surface area contributed by atoms with Crippen LogP contribution in [-0.2, 0) is 4.79 Å². The number of aliphatic hydroxyl groups is 1. The molecular formula is C18H34O3. The van der Waals surface area contributed by atoms with Crippen LogP contribution in [0.1, 0.15) is 90.4 Å². The number of rotatable bonds is 15. The highest BCUT2D eigenvalue weighted by Gasteiger charge is 2.03. The van der Waals surface area contributed by atoms with Gasteiger partial charge in [0.2, 0.25) is 0 Å². The zero-order valence-corrected chi connectivity index (χ0v) is 13.7.